The number of aryl methyl sites for hydroxylation is 2. The van der Waals surface area contributed by atoms with E-state index < -0.39 is 17.7 Å². The lowest BCUT2D eigenvalue weighted by atomic mass is 9.97. The fourth-order valence-corrected chi connectivity index (χ4v) is 4.25. The molecule has 1 aliphatic heterocycles. The topological polar surface area (TPSA) is 82.8 Å². The normalized spacial score (nSPS) is 17.1. The maximum absolute atomic E-state index is 13.2. The van der Waals surface area contributed by atoms with Crippen LogP contribution in [0.1, 0.15) is 28.5 Å². The van der Waals surface area contributed by atoms with Crippen LogP contribution in [0, 0.1) is 13.8 Å². The first-order valence-corrected chi connectivity index (χ1v) is 11.3. The standard InChI is InChI=1S/C29H24N2O4/c1-18-10-11-20(17-19(18)2)27(32)25-26(24-9-6-16-35-24)31(29(34)28(25)33)23-14-12-22(13-15-23)30-21-7-4-3-5-8-21/h3-17,26,30,32H,1-2H3/b27-25-. The first kappa shape index (κ1) is 22.2. The molecule has 1 fully saturated rings. The van der Waals surface area contributed by atoms with Crippen LogP contribution in [0.5, 0.6) is 0 Å². The summed E-state index contributed by atoms with van der Waals surface area (Å²) in [4.78, 5) is 27.8. The van der Waals surface area contributed by atoms with E-state index in [9.17, 15) is 14.7 Å². The zero-order valence-corrected chi connectivity index (χ0v) is 19.4. The lowest BCUT2D eigenvalue weighted by Crippen LogP contribution is -2.29. The monoisotopic (exact) mass is 464 g/mol. The zero-order valence-electron chi connectivity index (χ0n) is 19.4. The Morgan fingerprint density at radius 3 is 2.23 bits per heavy atom. The van der Waals surface area contributed by atoms with Crippen LogP contribution in [-0.2, 0) is 9.59 Å². The van der Waals surface area contributed by atoms with E-state index in [0.29, 0.717) is 17.0 Å². The first-order chi connectivity index (χ1) is 16.9. The number of nitrogens with one attached hydrogen (secondary N) is 1. The number of Topliss-reactive ketones (excluding diaryl/α,β-unsaturated/α-hetero) is 1. The highest BCUT2D eigenvalue weighted by molar-refractivity contribution is 6.51. The highest BCUT2D eigenvalue weighted by atomic mass is 16.3. The number of aliphatic hydroxyl groups is 1. The Bertz CT molecular complexity index is 1420. The third-order valence-corrected chi connectivity index (χ3v) is 6.25. The van der Waals surface area contributed by atoms with Crippen molar-refractivity contribution in [3.63, 3.8) is 0 Å². The van der Waals surface area contributed by atoms with Gasteiger partial charge >= 0.3 is 0 Å². The lowest BCUT2D eigenvalue weighted by Gasteiger charge is -2.23. The summed E-state index contributed by atoms with van der Waals surface area (Å²) in [6.45, 7) is 3.90. The quantitative estimate of drug-likeness (QED) is 0.207. The number of nitrogens with zero attached hydrogens (tertiary/aromatic N) is 1. The molecule has 0 aliphatic carbocycles. The average molecular weight is 465 g/mol. The van der Waals surface area contributed by atoms with Gasteiger partial charge in [0.05, 0.1) is 11.8 Å². The molecule has 35 heavy (non-hydrogen) atoms. The van der Waals surface area contributed by atoms with E-state index in [2.05, 4.69) is 5.32 Å². The number of para-hydroxylation sites is 1. The Balaban J connectivity index is 1.56. The van der Waals surface area contributed by atoms with Crippen LogP contribution in [0.2, 0.25) is 0 Å². The number of benzene rings is 3. The minimum absolute atomic E-state index is 0.000287. The fraction of sp³-hybridized carbons (Fsp3) is 0.103. The summed E-state index contributed by atoms with van der Waals surface area (Å²) in [5.74, 6) is -1.31. The molecule has 2 N–H and O–H groups in total. The second-order valence-corrected chi connectivity index (χ2v) is 8.52. The number of carbonyl (C=O) groups is 2. The van der Waals surface area contributed by atoms with Crippen molar-refractivity contribution in [2.75, 3.05) is 10.2 Å². The summed E-state index contributed by atoms with van der Waals surface area (Å²) in [6.07, 6.45) is 1.48. The van der Waals surface area contributed by atoms with E-state index in [0.717, 1.165) is 22.5 Å². The molecule has 6 nitrogen and oxygen atoms in total. The molecular weight excluding hydrogens is 440 g/mol. The van der Waals surface area contributed by atoms with Crippen LogP contribution in [0.4, 0.5) is 17.1 Å². The maximum Gasteiger partial charge on any atom is 0.300 e. The first-order valence-electron chi connectivity index (χ1n) is 11.3. The van der Waals surface area contributed by atoms with Gasteiger partial charge in [-0.15, -0.1) is 0 Å². The van der Waals surface area contributed by atoms with Crippen molar-refractivity contribution >= 4 is 34.5 Å². The molecule has 0 saturated carbocycles. The Morgan fingerprint density at radius 2 is 1.57 bits per heavy atom. The summed E-state index contributed by atoms with van der Waals surface area (Å²) < 4.78 is 5.62. The summed E-state index contributed by atoms with van der Waals surface area (Å²) >= 11 is 0. The van der Waals surface area contributed by atoms with Crippen LogP contribution >= 0.6 is 0 Å². The molecule has 1 saturated heterocycles. The van der Waals surface area contributed by atoms with Gasteiger partial charge in [-0.25, -0.2) is 0 Å². The predicted octanol–water partition coefficient (Wildman–Crippen LogP) is 6.27. The molecule has 1 atom stereocenters. The van der Waals surface area contributed by atoms with E-state index in [-0.39, 0.29) is 11.3 Å². The number of hydrogen-bond donors (Lipinski definition) is 2. The maximum atomic E-state index is 13.2. The lowest BCUT2D eigenvalue weighted by molar-refractivity contribution is -0.132. The van der Waals surface area contributed by atoms with Crippen molar-refractivity contribution in [3.05, 3.63) is 119 Å². The van der Waals surface area contributed by atoms with Crippen molar-refractivity contribution in [1.82, 2.24) is 0 Å². The van der Waals surface area contributed by atoms with Crippen molar-refractivity contribution in [3.8, 4) is 0 Å². The summed E-state index contributed by atoms with van der Waals surface area (Å²) in [5, 5.41) is 14.5. The van der Waals surface area contributed by atoms with Gasteiger partial charge in [0.2, 0.25) is 0 Å². The summed E-state index contributed by atoms with van der Waals surface area (Å²) in [5.41, 5.74) is 4.80. The predicted molar refractivity (Wildman–Crippen MR) is 136 cm³/mol. The number of carbonyl (C=O) groups excluding carboxylic acids is 2. The number of hydrogen-bond acceptors (Lipinski definition) is 5. The Morgan fingerprint density at radius 1 is 0.857 bits per heavy atom. The van der Waals surface area contributed by atoms with Crippen molar-refractivity contribution < 1.29 is 19.1 Å². The van der Waals surface area contributed by atoms with E-state index in [1.165, 1.54) is 11.2 Å². The van der Waals surface area contributed by atoms with Gasteiger partial charge in [0.1, 0.15) is 17.6 Å². The highest BCUT2D eigenvalue weighted by Crippen LogP contribution is 2.42. The van der Waals surface area contributed by atoms with E-state index in [1.54, 1.807) is 36.4 Å². The number of ketones is 1. The molecule has 6 heteroatoms. The summed E-state index contributed by atoms with van der Waals surface area (Å²) in [7, 11) is 0. The largest absolute Gasteiger partial charge is 0.507 e. The van der Waals surface area contributed by atoms with E-state index in [4.69, 9.17) is 4.42 Å². The Hall–Kier alpha value is -4.58. The minimum atomic E-state index is -0.889. The fourth-order valence-electron chi connectivity index (χ4n) is 4.25. The number of rotatable bonds is 5. The molecule has 0 bridgehead atoms. The van der Waals surface area contributed by atoms with Crippen LogP contribution in [0.15, 0.2) is 101 Å². The Kier molecular flexibility index (Phi) is 5.71. The van der Waals surface area contributed by atoms with Gasteiger partial charge in [-0.1, -0.05) is 30.3 Å². The second kappa shape index (κ2) is 8.99. The van der Waals surface area contributed by atoms with Crippen molar-refractivity contribution in [2.45, 2.75) is 19.9 Å². The summed E-state index contributed by atoms with van der Waals surface area (Å²) in [6, 6.07) is 24.9. The molecule has 1 unspecified atom stereocenters. The second-order valence-electron chi connectivity index (χ2n) is 8.52. The number of amides is 1. The Labute approximate surface area is 203 Å². The molecular formula is C29H24N2O4. The molecule has 0 radical (unpaired) electrons. The van der Waals surface area contributed by atoms with Gasteiger partial charge in [0, 0.05) is 22.6 Å². The molecule has 1 amide bonds. The molecule has 2 heterocycles. The van der Waals surface area contributed by atoms with Crippen LogP contribution in [-0.4, -0.2) is 16.8 Å². The van der Waals surface area contributed by atoms with Gasteiger partial charge in [0.25, 0.3) is 11.7 Å². The van der Waals surface area contributed by atoms with Gasteiger partial charge in [0.15, 0.2) is 0 Å². The molecule has 3 aromatic carbocycles. The number of anilines is 3. The SMILES string of the molecule is Cc1ccc(/C(O)=C2/C(=O)C(=O)N(c3ccc(Nc4ccccc4)cc3)C2c2ccco2)cc1C. The zero-order chi connectivity index (χ0) is 24.5. The number of furan rings is 1. The minimum Gasteiger partial charge on any atom is -0.507 e. The highest BCUT2D eigenvalue weighted by Gasteiger charge is 2.48. The molecule has 4 aromatic rings. The van der Waals surface area contributed by atoms with Crippen molar-refractivity contribution in [2.24, 2.45) is 0 Å². The van der Waals surface area contributed by atoms with Gasteiger partial charge in [-0.3, -0.25) is 14.5 Å². The van der Waals surface area contributed by atoms with Gasteiger partial charge in [-0.2, -0.15) is 0 Å². The van der Waals surface area contributed by atoms with E-state index >= 15 is 0 Å². The van der Waals surface area contributed by atoms with E-state index in [1.807, 2.05) is 62.4 Å². The average Bonchev–Trinajstić information content (AvgIpc) is 3.49. The number of aliphatic hydroxyl groups excluding tert-OH is 1. The van der Waals surface area contributed by atoms with Gasteiger partial charge in [-0.05, 0) is 79.6 Å². The molecule has 174 valence electrons. The molecule has 1 aliphatic rings. The molecule has 1 aromatic heterocycles. The van der Waals surface area contributed by atoms with Crippen LogP contribution in [0.25, 0.3) is 5.76 Å². The van der Waals surface area contributed by atoms with Gasteiger partial charge < -0.3 is 14.8 Å². The third kappa shape index (κ3) is 4.10. The molecule has 0 spiro atoms. The van der Waals surface area contributed by atoms with Crippen LogP contribution < -0.4 is 10.2 Å². The van der Waals surface area contributed by atoms with Crippen molar-refractivity contribution in [1.29, 1.82) is 0 Å². The van der Waals surface area contributed by atoms with Crippen LogP contribution in [0.3, 0.4) is 0 Å². The third-order valence-electron chi connectivity index (χ3n) is 6.25. The smallest absolute Gasteiger partial charge is 0.300 e. The molecule has 5 rings (SSSR count).